The van der Waals surface area contributed by atoms with Crippen LogP contribution in [0, 0.1) is 11.6 Å². The molecule has 6 heteroatoms. The average molecular weight is 371 g/mol. The third-order valence-corrected chi connectivity index (χ3v) is 5.40. The summed E-state index contributed by atoms with van der Waals surface area (Å²) in [5.41, 5.74) is 3.05. The Morgan fingerprint density at radius 1 is 0.889 bits per heavy atom. The summed E-state index contributed by atoms with van der Waals surface area (Å²) in [6.07, 6.45) is 0.921. The van der Waals surface area contributed by atoms with Crippen LogP contribution < -0.4 is 4.90 Å². The first-order valence-corrected chi connectivity index (χ1v) is 9.37. The van der Waals surface area contributed by atoms with Crippen molar-refractivity contribution in [3.05, 3.63) is 65.2 Å². The van der Waals surface area contributed by atoms with Gasteiger partial charge in [0.15, 0.2) is 11.6 Å². The van der Waals surface area contributed by atoms with Crippen LogP contribution in [0.4, 0.5) is 14.5 Å². The number of amides is 1. The highest BCUT2D eigenvalue weighted by atomic mass is 19.2. The van der Waals surface area contributed by atoms with Crippen LogP contribution in [0.2, 0.25) is 0 Å². The molecule has 0 aliphatic carbocycles. The lowest BCUT2D eigenvalue weighted by Crippen LogP contribution is -2.49. The molecule has 2 heterocycles. The molecule has 0 unspecified atom stereocenters. The number of fused-ring (bicyclic) bond motifs is 1. The van der Waals surface area contributed by atoms with Crippen molar-refractivity contribution < 1.29 is 13.6 Å². The molecule has 0 spiro atoms. The van der Waals surface area contributed by atoms with E-state index in [-0.39, 0.29) is 5.91 Å². The van der Waals surface area contributed by atoms with E-state index in [2.05, 4.69) is 15.9 Å². The van der Waals surface area contributed by atoms with E-state index in [1.807, 2.05) is 23.1 Å². The number of carbonyl (C=O) groups is 1. The lowest BCUT2D eigenvalue weighted by atomic mass is 10.2. The van der Waals surface area contributed by atoms with Gasteiger partial charge in [-0.05, 0) is 35.7 Å². The third-order valence-electron chi connectivity index (χ3n) is 5.40. The number of nitrogens with zero attached hydrogens (tertiary/aromatic N) is 3. The van der Waals surface area contributed by atoms with Crippen molar-refractivity contribution in [3.8, 4) is 0 Å². The molecule has 0 radical (unpaired) electrons. The number of benzene rings is 2. The molecule has 142 valence electrons. The Hall–Kier alpha value is -2.31. The van der Waals surface area contributed by atoms with Gasteiger partial charge >= 0.3 is 0 Å². The van der Waals surface area contributed by atoms with Crippen LogP contribution in [0.3, 0.4) is 0 Å². The van der Waals surface area contributed by atoms with Gasteiger partial charge in [-0.2, -0.15) is 0 Å². The van der Waals surface area contributed by atoms with E-state index in [0.717, 1.165) is 50.4 Å². The van der Waals surface area contributed by atoms with Crippen molar-refractivity contribution >= 4 is 11.6 Å². The fourth-order valence-corrected chi connectivity index (χ4v) is 3.88. The molecule has 0 aromatic heterocycles. The number of hydrogen-bond acceptors (Lipinski definition) is 3. The Labute approximate surface area is 158 Å². The molecule has 2 aromatic carbocycles. The highest BCUT2D eigenvalue weighted by Gasteiger charge is 2.26. The molecule has 0 atom stereocenters. The van der Waals surface area contributed by atoms with Crippen LogP contribution >= 0.6 is 0 Å². The van der Waals surface area contributed by atoms with Gasteiger partial charge in [-0.25, -0.2) is 8.78 Å². The minimum absolute atomic E-state index is 0.147. The van der Waals surface area contributed by atoms with Gasteiger partial charge < -0.3 is 4.90 Å². The summed E-state index contributed by atoms with van der Waals surface area (Å²) < 4.78 is 26.4. The lowest BCUT2D eigenvalue weighted by molar-refractivity contribution is -0.120. The molecular weight excluding hydrogens is 348 g/mol. The molecule has 0 bridgehead atoms. The molecule has 2 aliphatic rings. The van der Waals surface area contributed by atoms with Gasteiger partial charge in [0, 0.05) is 45.0 Å². The van der Waals surface area contributed by atoms with Crippen LogP contribution in [0.1, 0.15) is 11.1 Å². The number of halogens is 2. The fourth-order valence-electron chi connectivity index (χ4n) is 3.88. The van der Waals surface area contributed by atoms with Gasteiger partial charge in [0.05, 0.1) is 6.54 Å². The number of para-hydroxylation sites is 1. The van der Waals surface area contributed by atoms with E-state index >= 15 is 0 Å². The van der Waals surface area contributed by atoms with Crippen molar-refractivity contribution in [3.63, 3.8) is 0 Å². The first-order chi connectivity index (χ1) is 13.1. The van der Waals surface area contributed by atoms with Gasteiger partial charge in [-0.15, -0.1) is 0 Å². The molecule has 2 aromatic rings. The monoisotopic (exact) mass is 371 g/mol. The molecule has 0 N–H and O–H groups in total. The van der Waals surface area contributed by atoms with E-state index in [4.69, 9.17) is 0 Å². The zero-order valence-electron chi connectivity index (χ0n) is 15.2. The van der Waals surface area contributed by atoms with Crippen molar-refractivity contribution in [2.45, 2.75) is 13.0 Å². The molecule has 1 saturated heterocycles. The Morgan fingerprint density at radius 3 is 2.41 bits per heavy atom. The van der Waals surface area contributed by atoms with Gasteiger partial charge in [0.2, 0.25) is 5.91 Å². The quantitative estimate of drug-likeness (QED) is 0.827. The summed E-state index contributed by atoms with van der Waals surface area (Å²) >= 11 is 0. The van der Waals surface area contributed by atoms with Gasteiger partial charge in [0.1, 0.15) is 0 Å². The molecule has 4 rings (SSSR count). The third kappa shape index (κ3) is 4.01. The SMILES string of the molecule is O=C(CN1CCN(Cc2ccc(F)c(F)c2)CC1)N1CCc2ccccc21. The van der Waals surface area contributed by atoms with Gasteiger partial charge in [-0.1, -0.05) is 24.3 Å². The standard InChI is InChI=1S/C21H23F2N3O/c22-18-6-5-16(13-19(18)23)14-24-9-11-25(12-10-24)15-21(27)26-8-7-17-3-1-2-4-20(17)26/h1-6,13H,7-12,14-15H2. The number of carbonyl (C=O) groups excluding carboxylic acids is 1. The minimum Gasteiger partial charge on any atom is -0.311 e. The number of hydrogen-bond donors (Lipinski definition) is 0. The molecule has 4 nitrogen and oxygen atoms in total. The Kier molecular flexibility index (Phi) is 5.18. The van der Waals surface area contributed by atoms with Crippen LogP contribution in [-0.2, 0) is 17.8 Å². The number of piperazine rings is 1. The zero-order valence-corrected chi connectivity index (χ0v) is 15.2. The smallest absolute Gasteiger partial charge is 0.241 e. The summed E-state index contributed by atoms with van der Waals surface area (Å²) in [5.74, 6) is -1.47. The number of anilines is 1. The molecule has 0 saturated carbocycles. The topological polar surface area (TPSA) is 26.8 Å². The predicted molar refractivity (Wildman–Crippen MR) is 101 cm³/mol. The van der Waals surface area contributed by atoms with Gasteiger partial charge in [0.25, 0.3) is 0 Å². The summed E-state index contributed by atoms with van der Waals surface area (Å²) in [4.78, 5) is 19.0. The highest BCUT2D eigenvalue weighted by Crippen LogP contribution is 2.27. The Morgan fingerprint density at radius 2 is 1.63 bits per heavy atom. The largest absolute Gasteiger partial charge is 0.311 e. The summed E-state index contributed by atoms with van der Waals surface area (Å²) in [6.45, 7) is 4.99. The first kappa shape index (κ1) is 18.1. The molecule has 1 amide bonds. The average Bonchev–Trinajstić information content (AvgIpc) is 3.11. The maximum absolute atomic E-state index is 13.3. The van der Waals surface area contributed by atoms with Crippen molar-refractivity contribution in [2.24, 2.45) is 0 Å². The van der Waals surface area contributed by atoms with Crippen molar-refractivity contribution in [1.82, 2.24) is 9.80 Å². The molecule has 27 heavy (non-hydrogen) atoms. The first-order valence-electron chi connectivity index (χ1n) is 9.37. The van der Waals surface area contributed by atoms with Crippen LogP contribution in [0.15, 0.2) is 42.5 Å². The van der Waals surface area contributed by atoms with E-state index in [1.54, 1.807) is 6.07 Å². The van der Waals surface area contributed by atoms with E-state index in [9.17, 15) is 13.6 Å². The predicted octanol–water partition coefficient (Wildman–Crippen LogP) is 2.67. The Balaban J connectivity index is 1.28. The number of rotatable bonds is 4. The molecular formula is C21H23F2N3O. The maximum atomic E-state index is 13.3. The highest BCUT2D eigenvalue weighted by molar-refractivity contribution is 5.96. The second-order valence-electron chi connectivity index (χ2n) is 7.22. The van der Waals surface area contributed by atoms with Crippen LogP contribution in [0.25, 0.3) is 0 Å². The van der Waals surface area contributed by atoms with Crippen molar-refractivity contribution in [1.29, 1.82) is 0 Å². The van der Waals surface area contributed by atoms with E-state index < -0.39 is 11.6 Å². The minimum atomic E-state index is -0.814. The summed E-state index contributed by atoms with van der Waals surface area (Å²) in [6, 6.07) is 12.1. The van der Waals surface area contributed by atoms with Crippen molar-refractivity contribution in [2.75, 3.05) is 44.2 Å². The van der Waals surface area contributed by atoms with Crippen LogP contribution in [-0.4, -0.2) is 55.0 Å². The maximum Gasteiger partial charge on any atom is 0.241 e. The zero-order chi connectivity index (χ0) is 18.8. The summed E-state index contributed by atoms with van der Waals surface area (Å²) in [5, 5.41) is 0. The fraction of sp³-hybridized carbons (Fsp3) is 0.381. The Bertz CT molecular complexity index is 834. The van der Waals surface area contributed by atoms with E-state index in [0.29, 0.717) is 13.1 Å². The molecule has 2 aliphatic heterocycles. The van der Waals surface area contributed by atoms with Crippen LogP contribution in [0.5, 0.6) is 0 Å². The lowest BCUT2D eigenvalue weighted by Gasteiger charge is -2.35. The van der Waals surface area contributed by atoms with E-state index in [1.165, 1.54) is 17.7 Å². The van der Waals surface area contributed by atoms with Gasteiger partial charge in [-0.3, -0.25) is 14.6 Å². The molecule has 1 fully saturated rings. The normalized spacial score (nSPS) is 17.9. The second-order valence-corrected chi connectivity index (χ2v) is 7.22. The summed E-state index contributed by atoms with van der Waals surface area (Å²) in [7, 11) is 0. The second kappa shape index (κ2) is 7.74.